The minimum atomic E-state index is -0.726. The molecule has 1 saturated heterocycles. The summed E-state index contributed by atoms with van der Waals surface area (Å²) in [6.45, 7) is 4.25. The molecule has 0 saturated carbocycles. The van der Waals surface area contributed by atoms with E-state index in [9.17, 15) is 14.4 Å². The first-order chi connectivity index (χ1) is 9.49. The van der Waals surface area contributed by atoms with Gasteiger partial charge in [-0.3, -0.25) is 14.4 Å². The van der Waals surface area contributed by atoms with Crippen LogP contribution in [0.3, 0.4) is 0 Å². The SMILES string of the molecule is Cc1ccc(NC(=O)C(=O)N2CCNC(=O)C2C)cc1. The highest BCUT2D eigenvalue weighted by Crippen LogP contribution is 2.10. The Balaban J connectivity index is 2.03. The second-order valence-corrected chi connectivity index (χ2v) is 4.79. The van der Waals surface area contributed by atoms with Crippen LogP contribution in [0.25, 0.3) is 0 Å². The number of piperazine rings is 1. The minimum absolute atomic E-state index is 0.243. The van der Waals surface area contributed by atoms with Crippen LogP contribution in [0.5, 0.6) is 0 Å². The van der Waals surface area contributed by atoms with Gasteiger partial charge in [0, 0.05) is 18.8 Å². The number of carbonyl (C=O) groups is 3. The molecular formula is C14H17N3O3. The van der Waals surface area contributed by atoms with Crippen LogP contribution in [0.15, 0.2) is 24.3 Å². The number of aryl methyl sites for hydroxylation is 1. The lowest BCUT2D eigenvalue weighted by Crippen LogP contribution is -2.58. The van der Waals surface area contributed by atoms with Crippen LogP contribution in [0, 0.1) is 6.92 Å². The molecule has 1 aliphatic heterocycles. The van der Waals surface area contributed by atoms with Crippen LogP contribution >= 0.6 is 0 Å². The van der Waals surface area contributed by atoms with Gasteiger partial charge in [0.1, 0.15) is 6.04 Å². The van der Waals surface area contributed by atoms with Crippen LogP contribution in [-0.4, -0.2) is 41.8 Å². The summed E-state index contributed by atoms with van der Waals surface area (Å²) in [6, 6.07) is 6.52. The summed E-state index contributed by atoms with van der Waals surface area (Å²) < 4.78 is 0. The molecule has 0 radical (unpaired) electrons. The zero-order valence-electron chi connectivity index (χ0n) is 11.5. The Hall–Kier alpha value is -2.37. The molecule has 20 heavy (non-hydrogen) atoms. The van der Waals surface area contributed by atoms with Crippen LogP contribution in [0.2, 0.25) is 0 Å². The summed E-state index contributed by atoms with van der Waals surface area (Å²) in [7, 11) is 0. The maximum absolute atomic E-state index is 12.1. The fraction of sp³-hybridized carbons (Fsp3) is 0.357. The van der Waals surface area contributed by atoms with Gasteiger partial charge in [0.05, 0.1) is 0 Å². The smallest absolute Gasteiger partial charge is 0.313 e. The first kappa shape index (κ1) is 14.0. The largest absolute Gasteiger partial charge is 0.353 e. The molecule has 0 spiro atoms. The molecule has 1 unspecified atom stereocenters. The molecule has 1 atom stereocenters. The molecule has 106 valence electrons. The van der Waals surface area contributed by atoms with Crippen molar-refractivity contribution in [1.29, 1.82) is 0 Å². The van der Waals surface area contributed by atoms with Gasteiger partial charge in [0.15, 0.2) is 0 Å². The van der Waals surface area contributed by atoms with E-state index in [2.05, 4.69) is 10.6 Å². The number of hydrogen-bond donors (Lipinski definition) is 2. The van der Waals surface area contributed by atoms with Crippen molar-refractivity contribution in [2.75, 3.05) is 18.4 Å². The number of nitrogens with zero attached hydrogens (tertiary/aromatic N) is 1. The maximum Gasteiger partial charge on any atom is 0.313 e. The fourth-order valence-corrected chi connectivity index (χ4v) is 2.01. The molecule has 2 rings (SSSR count). The molecule has 1 aliphatic rings. The van der Waals surface area contributed by atoms with E-state index in [4.69, 9.17) is 0 Å². The zero-order valence-corrected chi connectivity index (χ0v) is 11.5. The fourth-order valence-electron chi connectivity index (χ4n) is 2.01. The molecule has 0 aliphatic carbocycles. The number of carbonyl (C=O) groups excluding carboxylic acids is 3. The van der Waals surface area contributed by atoms with Crippen molar-refractivity contribution in [2.45, 2.75) is 19.9 Å². The average Bonchev–Trinajstić information content (AvgIpc) is 2.43. The lowest BCUT2D eigenvalue weighted by atomic mass is 10.2. The van der Waals surface area contributed by atoms with Gasteiger partial charge in [-0.25, -0.2) is 0 Å². The summed E-state index contributed by atoms with van der Waals surface area (Å²) >= 11 is 0. The Morgan fingerprint density at radius 2 is 1.95 bits per heavy atom. The summed E-state index contributed by atoms with van der Waals surface area (Å²) in [5, 5.41) is 5.19. The Kier molecular flexibility index (Phi) is 4.02. The molecule has 3 amide bonds. The van der Waals surface area contributed by atoms with Gasteiger partial charge < -0.3 is 15.5 Å². The summed E-state index contributed by atoms with van der Waals surface area (Å²) in [4.78, 5) is 36.7. The van der Waals surface area contributed by atoms with Crippen molar-refractivity contribution in [2.24, 2.45) is 0 Å². The highest BCUT2D eigenvalue weighted by molar-refractivity contribution is 6.40. The third-order valence-corrected chi connectivity index (χ3v) is 3.26. The van der Waals surface area contributed by atoms with Gasteiger partial charge in [-0.1, -0.05) is 17.7 Å². The Labute approximate surface area is 117 Å². The van der Waals surface area contributed by atoms with Crippen LogP contribution in [0.4, 0.5) is 5.69 Å². The van der Waals surface area contributed by atoms with Gasteiger partial charge in [-0.15, -0.1) is 0 Å². The maximum atomic E-state index is 12.1. The second-order valence-electron chi connectivity index (χ2n) is 4.79. The van der Waals surface area contributed by atoms with Crippen molar-refractivity contribution in [3.8, 4) is 0 Å². The molecule has 1 fully saturated rings. The molecule has 1 aromatic rings. The number of amides is 3. The van der Waals surface area contributed by atoms with E-state index < -0.39 is 17.9 Å². The van der Waals surface area contributed by atoms with E-state index in [1.165, 1.54) is 4.90 Å². The van der Waals surface area contributed by atoms with E-state index >= 15 is 0 Å². The standard InChI is InChI=1S/C14H17N3O3/c1-9-3-5-11(6-4-9)16-13(19)14(20)17-8-7-15-12(18)10(17)2/h3-6,10H,7-8H2,1-2H3,(H,15,18)(H,16,19). The van der Waals surface area contributed by atoms with Crippen LogP contribution in [-0.2, 0) is 14.4 Å². The quantitative estimate of drug-likeness (QED) is 0.723. The summed E-state index contributed by atoms with van der Waals surface area (Å²) in [5.41, 5.74) is 1.62. The molecule has 1 heterocycles. The number of hydrogen-bond acceptors (Lipinski definition) is 3. The Morgan fingerprint density at radius 1 is 1.30 bits per heavy atom. The van der Waals surface area contributed by atoms with Crippen molar-refractivity contribution < 1.29 is 14.4 Å². The molecule has 1 aromatic carbocycles. The van der Waals surface area contributed by atoms with E-state index in [1.807, 2.05) is 19.1 Å². The number of anilines is 1. The topological polar surface area (TPSA) is 78.5 Å². The third kappa shape index (κ3) is 2.96. The Morgan fingerprint density at radius 3 is 2.60 bits per heavy atom. The third-order valence-electron chi connectivity index (χ3n) is 3.26. The van der Waals surface area contributed by atoms with Gasteiger partial charge in [0.2, 0.25) is 5.91 Å². The van der Waals surface area contributed by atoms with E-state index in [0.29, 0.717) is 18.8 Å². The van der Waals surface area contributed by atoms with E-state index in [0.717, 1.165) is 5.56 Å². The highest BCUT2D eigenvalue weighted by atomic mass is 16.2. The first-order valence-corrected chi connectivity index (χ1v) is 6.45. The lowest BCUT2D eigenvalue weighted by molar-refractivity contribution is -0.148. The highest BCUT2D eigenvalue weighted by Gasteiger charge is 2.32. The average molecular weight is 275 g/mol. The van der Waals surface area contributed by atoms with Gasteiger partial charge in [0.25, 0.3) is 0 Å². The molecular weight excluding hydrogens is 258 g/mol. The monoisotopic (exact) mass is 275 g/mol. The van der Waals surface area contributed by atoms with Crippen molar-refractivity contribution >= 4 is 23.4 Å². The number of benzene rings is 1. The van der Waals surface area contributed by atoms with E-state index in [-0.39, 0.29) is 5.91 Å². The summed E-state index contributed by atoms with van der Waals surface area (Å²) in [5.74, 6) is -1.66. The zero-order chi connectivity index (χ0) is 14.7. The lowest BCUT2D eigenvalue weighted by Gasteiger charge is -2.32. The molecule has 0 bridgehead atoms. The molecule has 0 aromatic heterocycles. The van der Waals surface area contributed by atoms with Crippen molar-refractivity contribution in [1.82, 2.24) is 10.2 Å². The van der Waals surface area contributed by atoms with Crippen LogP contribution < -0.4 is 10.6 Å². The van der Waals surface area contributed by atoms with Crippen molar-refractivity contribution in [3.63, 3.8) is 0 Å². The Bertz CT molecular complexity index is 539. The van der Waals surface area contributed by atoms with Gasteiger partial charge >= 0.3 is 11.8 Å². The molecule has 6 nitrogen and oxygen atoms in total. The van der Waals surface area contributed by atoms with Crippen LogP contribution in [0.1, 0.15) is 12.5 Å². The van der Waals surface area contributed by atoms with Gasteiger partial charge in [-0.05, 0) is 26.0 Å². The normalized spacial score (nSPS) is 18.4. The summed E-state index contributed by atoms with van der Waals surface area (Å²) in [6.07, 6.45) is 0. The minimum Gasteiger partial charge on any atom is -0.353 e. The second kappa shape index (κ2) is 5.73. The van der Waals surface area contributed by atoms with E-state index in [1.54, 1.807) is 19.1 Å². The molecule has 6 heteroatoms. The molecule has 2 N–H and O–H groups in total. The van der Waals surface area contributed by atoms with Gasteiger partial charge in [-0.2, -0.15) is 0 Å². The first-order valence-electron chi connectivity index (χ1n) is 6.45. The predicted molar refractivity (Wildman–Crippen MR) is 74.0 cm³/mol. The number of rotatable bonds is 1. The predicted octanol–water partition coefficient (Wildman–Crippen LogP) is 0.280. The number of nitrogens with one attached hydrogen (secondary N) is 2. The van der Waals surface area contributed by atoms with Crippen molar-refractivity contribution in [3.05, 3.63) is 29.8 Å².